The molecule has 5 heteroatoms. The molecule has 2 aromatic rings. The van der Waals surface area contributed by atoms with E-state index in [2.05, 4.69) is 31.5 Å². The fraction of sp³-hybridized carbons (Fsp3) is 0.462. The summed E-state index contributed by atoms with van der Waals surface area (Å²) in [6.45, 7) is 2.13. The largest absolute Gasteiger partial charge is 0.317 e. The molecular formula is C13H17N5. The molecule has 0 amide bonds. The first-order chi connectivity index (χ1) is 8.92. The summed E-state index contributed by atoms with van der Waals surface area (Å²) in [6, 6.07) is 4.00. The summed E-state index contributed by atoms with van der Waals surface area (Å²) < 4.78 is 0. The van der Waals surface area contributed by atoms with Crippen LogP contribution >= 0.6 is 0 Å². The highest BCUT2D eigenvalue weighted by Crippen LogP contribution is 2.21. The van der Waals surface area contributed by atoms with Gasteiger partial charge in [0.05, 0.1) is 0 Å². The first-order valence-electron chi connectivity index (χ1n) is 6.42. The zero-order valence-electron chi connectivity index (χ0n) is 10.3. The highest BCUT2D eigenvalue weighted by Gasteiger charge is 2.19. The third kappa shape index (κ3) is 2.56. The molecule has 2 aromatic heterocycles. The molecule has 1 fully saturated rings. The molecule has 0 aromatic carbocycles. The maximum atomic E-state index is 4.61. The Morgan fingerprint density at radius 1 is 1.28 bits per heavy atom. The van der Waals surface area contributed by atoms with Gasteiger partial charge in [0.15, 0.2) is 5.82 Å². The molecule has 0 spiro atoms. The minimum atomic E-state index is 0.505. The van der Waals surface area contributed by atoms with Gasteiger partial charge >= 0.3 is 0 Å². The molecule has 3 heterocycles. The van der Waals surface area contributed by atoms with Gasteiger partial charge in [0.2, 0.25) is 0 Å². The molecule has 2 N–H and O–H groups in total. The summed E-state index contributed by atoms with van der Waals surface area (Å²) in [6.07, 6.45) is 6.68. The standard InChI is InChI=1S/C13H17N5/c1-2-10(9-15-5-1)8-12-16-13(18-17-12)11-3-6-14-7-4-11/h1-2,5,9,11,14H,3-4,6-8H2,(H,16,17,18). The number of aromatic nitrogens is 4. The van der Waals surface area contributed by atoms with Crippen LogP contribution in [0.25, 0.3) is 0 Å². The quantitative estimate of drug-likeness (QED) is 0.851. The summed E-state index contributed by atoms with van der Waals surface area (Å²) in [5.74, 6) is 2.40. The number of piperidine rings is 1. The Labute approximate surface area is 106 Å². The summed E-state index contributed by atoms with van der Waals surface area (Å²) in [5.41, 5.74) is 1.16. The van der Waals surface area contributed by atoms with E-state index in [0.29, 0.717) is 5.92 Å². The smallest absolute Gasteiger partial charge is 0.153 e. The van der Waals surface area contributed by atoms with E-state index >= 15 is 0 Å². The van der Waals surface area contributed by atoms with Crippen LogP contribution in [0.5, 0.6) is 0 Å². The number of nitrogens with zero attached hydrogens (tertiary/aromatic N) is 3. The van der Waals surface area contributed by atoms with E-state index in [1.807, 2.05) is 12.3 Å². The molecule has 0 radical (unpaired) electrons. The predicted octanol–water partition coefficient (Wildman–Crippen LogP) is 1.26. The van der Waals surface area contributed by atoms with E-state index in [1.165, 1.54) is 0 Å². The van der Waals surface area contributed by atoms with Crippen molar-refractivity contribution in [1.82, 2.24) is 25.5 Å². The van der Waals surface area contributed by atoms with Crippen molar-refractivity contribution in [3.63, 3.8) is 0 Å². The van der Waals surface area contributed by atoms with Crippen molar-refractivity contribution in [2.24, 2.45) is 0 Å². The molecule has 0 aliphatic carbocycles. The lowest BCUT2D eigenvalue weighted by Gasteiger charge is -2.19. The van der Waals surface area contributed by atoms with Gasteiger partial charge in [-0.25, -0.2) is 4.98 Å². The molecule has 3 rings (SSSR count). The van der Waals surface area contributed by atoms with E-state index < -0.39 is 0 Å². The SMILES string of the molecule is c1cncc(Cc2nc(C3CCNCC3)n[nH]2)c1. The predicted molar refractivity (Wildman–Crippen MR) is 68.3 cm³/mol. The van der Waals surface area contributed by atoms with Crippen LogP contribution in [0.15, 0.2) is 24.5 Å². The van der Waals surface area contributed by atoms with Crippen LogP contribution in [0.3, 0.4) is 0 Å². The van der Waals surface area contributed by atoms with Gasteiger partial charge in [-0.05, 0) is 37.6 Å². The molecule has 0 bridgehead atoms. The molecule has 1 saturated heterocycles. The number of hydrogen-bond acceptors (Lipinski definition) is 4. The second-order valence-electron chi connectivity index (χ2n) is 4.70. The van der Waals surface area contributed by atoms with Crippen LogP contribution in [0.4, 0.5) is 0 Å². The molecule has 0 atom stereocenters. The maximum absolute atomic E-state index is 4.61. The van der Waals surface area contributed by atoms with Crippen LogP contribution in [0.2, 0.25) is 0 Å². The van der Waals surface area contributed by atoms with Crippen molar-refractivity contribution in [3.05, 3.63) is 41.7 Å². The Morgan fingerprint density at radius 2 is 2.17 bits per heavy atom. The number of pyridine rings is 1. The fourth-order valence-electron chi connectivity index (χ4n) is 2.35. The molecule has 1 aliphatic heterocycles. The Bertz CT molecular complexity index is 487. The average Bonchev–Trinajstić information content (AvgIpc) is 2.89. The summed E-state index contributed by atoms with van der Waals surface area (Å²) in [5, 5.41) is 10.8. The number of H-pyrrole nitrogens is 1. The Morgan fingerprint density at radius 3 is 2.94 bits per heavy atom. The highest BCUT2D eigenvalue weighted by atomic mass is 15.2. The van der Waals surface area contributed by atoms with Crippen LogP contribution in [-0.4, -0.2) is 33.3 Å². The van der Waals surface area contributed by atoms with Crippen molar-refractivity contribution >= 4 is 0 Å². The molecule has 18 heavy (non-hydrogen) atoms. The van der Waals surface area contributed by atoms with Gasteiger partial charge in [-0.3, -0.25) is 10.1 Å². The second kappa shape index (κ2) is 5.27. The summed E-state index contributed by atoms with van der Waals surface area (Å²) in [4.78, 5) is 8.71. The van der Waals surface area contributed by atoms with Gasteiger partial charge in [0.1, 0.15) is 5.82 Å². The van der Waals surface area contributed by atoms with Gasteiger partial charge in [-0.2, -0.15) is 5.10 Å². The van der Waals surface area contributed by atoms with Gasteiger partial charge in [-0.1, -0.05) is 6.07 Å². The van der Waals surface area contributed by atoms with Crippen molar-refractivity contribution in [2.75, 3.05) is 13.1 Å². The van der Waals surface area contributed by atoms with Gasteiger partial charge in [-0.15, -0.1) is 0 Å². The van der Waals surface area contributed by atoms with E-state index in [4.69, 9.17) is 0 Å². The van der Waals surface area contributed by atoms with E-state index in [9.17, 15) is 0 Å². The van der Waals surface area contributed by atoms with Gasteiger partial charge < -0.3 is 5.32 Å². The van der Waals surface area contributed by atoms with Crippen molar-refractivity contribution in [3.8, 4) is 0 Å². The zero-order valence-corrected chi connectivity index (χ0v) is 10.3. The number of nitrogens with one attached hydrogen (secondary N) is 2. The summed E-state index contributed by atoms with van der Waals surface area (Å²) in [7, 11) is 0. The Balaban J connectivity index is 1.69. The third-order valence-corrected chi connectivity index (χ3v) is 3.35. The normalized spacial score (nSPS) is 16.9. The van der Waals surface area contributed by atoms with Crippen LogP contribution in [0.1, 0.15) is 36.0 Å². The van der Waals surface area contributed by atoms with Crippen molar-refractivity contribution in [1.29, 1.82) is 0 Å². The van der Waals surface area contributed by atoms with E-state index in [-0.39, 0.29) is 0 Å². The molecule has 94 valence electrons. The molecule has 0 saturated carbocycles. The zero-order chi connectivity index (χ0) is 12.2. The fourth-order valence-corrected chi connectivity index (χ4v) is 2.35. The average molecular weight is 243 g/mol. The first-order valence-corrected chi connectivity index (χ1v) is 6.42. The van der Waals surface area contributed by atoms with Crippen molar-refractivity contribution in [2.45, 2.75) is 25.2 Å². The van der Waals surface area contributed by atoms with Crippen LogP contribution < -0.4 is 5.32 Å². The number of aromatic amines is 1. The van der Waals surface area contributed by atoms with Crippen molar-refractivity contribution < 1.29 is 0 Å². The lowest BCUT2D eigenvalue weighted by molar-refractivity contribution is 0.446. The van der Waals surface area contributed by atoms with Gasteiger partial charge in [0, 0.05) is 24.7 Å². The minimum absolute atomic E-state index is 0.505. The van der Waals surface area contributed by atoms with Gasteiger partial charge in [0.25, 0.3) is 0 Å². The summed E-state index contributed by atoms with van der Waals surface area (Å²) >= 11 is 0. The number of hydrogen-bond donors (Lipinski definition) is 2. The lowest BCUT2D eigenvalue weighted by Crippen LogP contribution is -2.27. The van der Waals surface area contributed by atoms with Crippen LogP contribution in [0, 0.1) is 0 Å². The Hall–Kier alpha value is -1.75. The second-order valence-corrected chi connectivity index (χ2v) is 4.70. The minimum Gasteiger partial charge on any atom is -0.317 e. The molecule has 1 aliphatic rings. The maximum Gasteiger partial charge on any atom is 0.153 e. The van der Waals surface area contributed by atoms with Crippen LogP contribution in [-0.2, 0) is 6.42 Å². The highest BCUT2D eigenvalue weighted by molar-refractivity contribution is 5.14. The van der Waals surface area contributed by atoms with E-state index in [0.717, 1.165) is 49.6 Å². The molecule has 0 unspecified atom stereocenters. The third-order valence-electron chi connectivity index (χ3n) is 3.35. The lowest BCUT2D eigenvalue weighted by atomic mass is 9.98. The number of rotatable bonds is 3. The Kier molecular flexibility index (Phi) is 3.32. The topological polar surface area (TPSA) is 66.5 Å². The molecular weight excluding hydrogens is 226 g/mol. The monoisotopic (exact) mass is 243 g/mol. The first kappa shape index (κ1) is 11.3. The molecule has 5 nitrogen and oxygen atoms in total. The van der Waals surface area contributed by atoms with E-state index in [1.54, 1.807) is 6.20 Å².